The zero-order valence-electron chi connectivity index (χ0n) is 25.5. The standard InChI is InChI=1S/C34H64O4/c1-3-5-6-7-8-9-10-11-12-13-14-15-16-17-18-19-20-21-22-23-24-25-26-27-28-29-32(31-33(35)36)34(37)38-30-4-2/h20-21,32H,3-19,22-31H2,1-2H3,(H,35,36)/b21-20+. The lowest BCUT2D eigenvalue weighted by molar-refractivity contribution is -0.153. The quantitative estimate of drug-likeness (QED) is 0.0563. The lowest BCUT2D eigenvalue weighted by Gasteiger charge is -2.13. The Morgan fingerprint density at radius 3 is 1.37 bits per heavy atom. The predicted octanol–water partition coefficient (Wildman–Crippen LogP) is 11.0. The van der Waals surface area contributed by atoms with Gasteiger partial charge < -0.3 is 9.84 Å². The highest BCUT2D eigenvalue weighted by atomic mass is 16.5. The van der Waals surface area contributed by atoms with Crippen molar-refractivity contribution >= 4 is 11.9 Å². The number of ether oxygens (including phenoxy) is 1. The van der Waals surface area contributed by atoms with E-state index in [1.54, 1.807) is 0 Å². The van der Waals surface area contributed by atoms with Crippen molar-refractivity contribution in [3.05, 3.63) is 12.2 Å². The molecule has 224 valence electrons. The van der Waals surface area contributed by atoms with Crippen molar-refractivity contribution in [3.63, 3.8) is 0 Å². The summed E-state index contributed by atoms with van der Waals surface area (Å²) >= 11 is 0. The van der Waals surface area contributed by atoms with Crippen LogP contribution in [0.25, 0.3) is 0 Å². The molecule has 0 heterocycles. The lowest BCUT2D eigenvalue weighted by Crippen LogP contribution is -2.21. The van der Waals surface area contributed by atoms with E-state index in [-0.39, 0.29) is 12.4 Å². The Bertz CT molecular complexity index is 543. The third kappa shape index (κ3) is 27.7. The first-order valence-electron chi connectivity index (χ1n) is 16.6. The molecule has 0 aromatic rings. The average Bonchev–Trinajstić information content (AvgIpc) is 2.90. The fraction of sp³-hybridized carbons (Fsp3) is 0.882. The molecule has 0 saturated heterocycles. The van der Waals surface area contributed by atoms with E-state index in [0.717, 1.165) is 25.7 Å². The highest BCUT2D eigenvalue weighted by Gasteiger charge is 2.22. The van der Waals surface area contributed by atoms with E-state index < -0.39 is 11.9 Å². The van der Waals surface area contributed by atoms with Gasteiger partial charge in [0.15, 0.2) is 0 Å². The summed E-state index contributed by atoms with van der Waals surface area (Å²) in [6, 6.07) is 0. The molecule has 4 heteroatoms. The Morgan fingerprint density at radius 2 is 0.974 bits per heavy atom. The summed E-state index contributed by atoms with van der Waals surface area (Å²) in [5.41, 5.74) is 0. The van der Waals surface area contributed by atoms with Crippen LogP contribution in [0.5, 0.6) is 0 Å². The first-order chi connectivity index (χ1) is 18.6. The van der Waals surface area contributed by atoms with Crippen LogP contribution in [0.15, 0.2) is 12.2 Å². The summed E-state index contributed by atoms with van der Waals surface area (Å²) < 4.78 is 5.15. The van der Waals surface area contributed by atoms with E-state index in [2.05, 4.69) is 19.1 Å². The minimum absolute atomic E-state index is 0.117. The van der Waals surface area contributed by atoms with Crippen LogP contribution in [0.2, 0.25) is 0 Å². The van der Waals surface area contributed by atoms with Gasteiger partial charge in [-0.05, 0) is 38.5 Å². The van der Waals surface area contributed by atoms with Crippen molar-refractivity contribution in [1.29, 1.82) is 0 Å². The summed E-state index contributed by atoms with van der Waals surface area (Å²) in [7, 11) is 0. The Kier molecular flexibility index (Phi) is 29.2. The van der Waals surface area contributed by atoms with Gasteiger partial charge >= 0.3 is 11.9 Å². The molecule has 4 nitrogen and oxygen atoms in total. The molecule has 0 spiro atoms. The number of allylic oxidation sites excluding steroid dienone is 2. The van der Waals surface area contributed by atoms with Crippen molar-refractivity contribution in [2.75, 3.05) is 6.61 Å². The molecule has 0 rings (SSSR count). The second kappa shape index (κ2) is 30.2. The molecule has 0 aromatic carbocycles. The monoisotopic (exact) mass is 536 g/mol. The van der Waals surface area contributed by atoms with Crippen LogP contribution < -0.4 is 0 Å². The third-order valence-electron chi connectivity index (χ3n) is 7.52. The van der Waals surface area contributed by atoms with Gasteiger partial charge in [0.05, 0.1) is 18.9 Å². The maximum Gasteiger partial charge on any atom is 0.309 e. The minimum atomic E-state index is -0.920. The summed E-state index contributed by atoms with van der Waals surface area (Å²) in [6.07, 6.45) is 36.6. The van der Waals surface area contributed by atoms with E-state index in [4.69, 9.17) is 9.84 Å². The van der Waals surface area contributed by atoms with Crippen molar-refractivity contribution in [2.24, 2.45) is 5.92 Å². The maximum atomic E-state index is 12.0. The smallest absolute Gasteiger partial charge is 0.309 e. The Balaban J connectivity index is 3.39. The van der Waals surface area contributed by atoms with Crippen LogP contribution in [0.3, 0.4) is 0 Å². The van der Waals surface area contributed by atoms with Crippen LogP contribution in [-0.2, 0) is 14.3 Å². The molecule has 1 N–H and O–H groups in total. The molecular weight excluding hydrogens is 472 g/mol. The molecule has 0 bridgehead atoms. The van der Waals surface area contributed by atoms with Gasteiger partial charge in [-0.1, -0.05) is 148 Å². The number of carboxylic acid groups (broad SMARTS) is 1. The zero-order valence-corrected chi connectivity index (χ0v) is 25.5. The number of unbranched alkanes of at least 4 members (excludes halogenated alkanes) is 21. The molecule has 0 aliphatic rings. The molecule has 0 aliphatic carbocycles. The molecule has 0 radical (unpaired) electrons. The lowest BCUT2D eigenvalue weighted by atomic mass is 9.97. The van der Waals surface area contributed by atoms with Crippen molar-refractivity contribution in [3.8, 4) is 0 Å². The van der Waals surface area contributed by atoms with Crippen LogP contribution >= 0.6 is 0 Å². The van der Waals surface area contributed by atoms with Crippen LogP contribution in [-0.4, -0.2) is 23.7 Å². The van der Waals surface area contributed by atoms with Crippen LogP contribution in [0.4, 0.5) is 0 Å². The van der Waals surface area contributed by atoms with Crippen LogP contribution in [0.1, 0.15) is 181 Å². The van der Waals surface area contributed by atoms with E-state index >= 15 is 0 Å². The molecule has 0 amide bonds. The fourth-order valence-electron chi connectivity index (χ4n) is 5.06. The van der Waals surface area contributed by atoms with Crippen molar-refractivity contribution in [2.45, 2.75) is 181 Å². The van der Waals surface area contributed by atoms with Crippen LogP contribution in [0, 0.1) is 5.92 Å². The fourth-order valence-corrected chi connectivity index (χ4v) is 5.06. The zero-order chi connectivity index (χ0) is 27.9. The molecule has 0 aliphatic heterocycles. The molecule has 0 fully saturated rings. The molecule has 1 atom stereocenters. The minimum Gasteiger partial charge on any atom is -0.481 e. The van der Waals surface area contributed by atoms with E-state index in [0.29, 0.717) is 13.0 Å². The number of esters is 1. The maximum absolute atomic E-state index is 12.0. The first-order valence-corrected chi connectivity index (χ1v) is 16.6. The highest BCUT2D eigenvalue weighted by molar-refractivity contribution is 5.79. The van der Waals surface area contributed by atoms with Crippen molar-refractivity contribution in [1.82, 2.24) is 0 Å². The normalized spacial score (nSPS) is 12.3. The largest absolute Gasteiger partial charge is 0.481 e. The van der Waals surface area contributed by atoms with Gasteiger partial charge in [-0.15, -0.1) is 0 Å². The predicted molar refractivity (Wildman–Crippen MR) is 163 cm³/mol. The SMILES string of the molecule is CCCCCCCCCCCCCCCCC/C=C/CCCCCCCCC(CC(=O)O)C(=O)OCCC. The number of aliphatic carboxylic acids is 1. The van der Waals surface area contributed by atoms with Gasteiger partial charge in [0, 0.05) is 0 Å². The first kappa shape index (κ1) is 36.7. The number of rotatable bonds is 30. The number of hydrogen-bond acceptors (Lipinski definition) is 3. The Labute approximate surface area is 236 Å². The van der Waals surface area contributed by atoms with Gasteiger partial charge in [-0.3, -0.25) is 9.59 Å². The second-order valence-electron chi connectivity index (χ2n) is 11.4. The topological polar surface area (TPSA) is 63.6 Å². The number of carbonyl (C=O) groups is 2. The summed E-state index contributed by atoms with van der Waals surface area (Å²) in [5, 5.41) is 9.04. The highest BCUT2D eigenvalue weighted by Crippen LogP contribution is 2.18. The van der Waals surface area contributed by atoms with Gasteiger partial charge in [-0.2, -0.15) is 0 Å². The molecule has 38 heavy (non-hydrogen) atoms. The summed E-state index contributed by atoms with van der Waals surface area (Å²) in [6.45, 7) is 4.61. The third-order valence-corrected chi connectivity index (χ3v) is 7.52. The van der Waals surface area contributed by atoms with Gasteiger partial charge in [0.2, 0.25) is 0 Å². The van der Waals surface area contributed by atoms with E-state index in [9.17, 15) is 9.59 Å². The van der Waals surface area contributed by atoms with E-state index in [1.807, 2.05) is 6.92 Å². The molecule has 0 aromatic heterocycles. The van der Waals surface area contributed by atoms with Gasteiger partial charge in [0.1, 0.15) is 0 Å². The second-order valence-corrected chi connectivity index (χ2v) is 11.4. The number of carboxylic acids is 1. The van der Waals surface area contributed by atoms with Gasteiger partial charge in [0.25, 0.3) is 0 Å². The number of hydrogen-bond donors (Lipinski definition) is 1. The molecular formula is C34H64O4. The Hall–Kier alpha value is -1.32. The molecule has 1 unspecified atom stereocenters. The molecule has 0 saturated carbocycles. The van der Waals surface area contributed by atoms with Gasteiger partial charge in [-0.25, -0.2) is 0 Å². The van der Waals surface area contributed by atoms with Crippen molar-refractivity contribution < 1.29 is 19.4 Å². The summed E-state index contributed by atoms with van der Waals surface area (Å²) in [5.74, 6) is -1.75. The Morgan fingerprint density at radius 1 is 0.579 bits per heavy atom. The van der Waals surface area contributed by atoms with E-state index in [1.165, 1.54) is 128 Å². The number of carbonyl (C=O) groups excluding carboxylic acids is 1. The average molecular weight is 537 g/mol. The summed E-state index contributed by atoms with van der Waals surface area (Å²) in [4.78, 5) is 23.0.